The van der Waals surface area contributed by atoms with Gasteiger partial charge in [0.1, 0.15) is 6.33 Å². The van der Waals surface area contributed by atoms with Crippen LogP contribution >= 0.6 is 11.6 Å². The van der Waals surface area contributed by atoms with Crippen LogP contribution in [0.2, 0.25) is 5.15 Å². The quantitative estimate of drug-likeness (QED) is 0.787. The van der Waals surface area contributed by atoms with E-state index in [0.29, 0.717) is 10.9 Å². The van der Waals surface area contributed by atoms with Crippen LogP contribution in [-0.2, 0) is 0 Å². The van der Waals surface area contributed by atoms with Crippen molar-refractivity contribution < 1.29 is 4.74 Å². The molecule has 5 heteroatoms. The summed E-state index contributed by atoms with van der Waals surface area (Å²) in [6.07, 6.45) is 6.54. The van der Waals surface area contributed by atoms with Crippen LogP contribution in [0, 0.1) is 5.92 Å². The van der Waals surface area contributed by atoms with Crippen molar-refractivity contribution in [1.29, 1.82) is 0 Å². The molecule has 0 saturated carbocycles. The molecule has 0 aliphatic carbocycles. The summed E-state index contributed by atoms with van der Waals surface area (Å²) in [6.45, 7) is 4.29. The van der Waals surface area contributed by atoms with Crippen molar-refractivity contribution in [3.05, 3.63) is 11.5 Å². The summed E-state index contributed by atoms with van der Waals surface area (Å²) in [4.78, 5) is 10.5. The summed E-state index contributed by atoms with van der Waals surface area (Å²) >= 11 is 6.02. The van der Waals surface area contributed by atoms with E-state index in [2.05, 4.69) is 21.8 Å². The Hall–Kier alpha value is -1.03. The van der Waals surface area contributed by atoms with Crippen molar-refractivity contribution in [1.82, 2.24) is 9.97 Å². The van der Waals surface area contributed by atoms with Gasteiger partial charge in [0.15, 0.2) is 16.7 Å². The lowest BCUT2D eigenvalue weighted by Gasteiger charge is -2.33. The molecule has 4 nitrogen and oxygen atoms in total. The maximum atomic E-state index is 6.02. The molecule has 0 unspecified atom stereocenters. The smallest absolute Gasteiger partial charge is 0.199 e. The molecule has 18 heavy (non-hydrogen) atoms. The summed E-state index contributed by atoms with van der Waals surface area (Å²) in [7, 11) is 1.61. The first-order valence-corrected chi connectivity index (χ1v) is 6.93. The highest BCUT2D eigenvalue weighted by Crippen LogP contribution is 2.34. The molecule has 1 saturated heterocycles. The van der Waals surface area contributed by atoms with Crippen molar-refractivity contribution in [2.45, 2.75) is 32.6 Å². The van der Waals surface area contributed by atoms with Crippen LogP contribution in [0.15, 0.2) is 6.33 Å². The Morgan fingerprint density at radius 3 is 2.72 bits per heavy atom. The van der Waals surface area contributed by atoms with Crippen LogP contribution in [0.3, 0.4) is 0 Å². The van der Waals surface area contributed by atoms with Crippen LogP contribution in [0.25, 0.3) is 0 Å². The van der Waals surface area contributed by atoms with Gasteiger partial charge in [-0.3, -0.25) is 0 Å². The maximum Gasteiger partial charge on any atom is 0.199 e. The Labute approximate surface area is 113 Å². The minimum absolute atomic E-state index is 0.387. The second kappa shape index (κ2) is 6.23. The van der Waals surface area contributed by atoms with Gasteiger partial charge in [-0.15, -0.1) is 0 Å². The van der Waals surface area contributed by atoms with Gasteiger partial charge in [0, 0.05) is 13.1 Å². The largest absolute Gasteiger partial charge is 0.490 e. The molecule has 1 aromatic heterocycles. The van der Waals surface area contributed by atoms with E-state index >= 15 is 0 Å². The Morgan fingerprint density at radius 2 is 2.11 bits per heavy atom. The lowest BCUT2D eigenvalue weighted by molar-refractivity contribution is 0.369. The number of methoxy groups -OCH3 is 1. The minimum Gasteiger partial charge on any atom is -0.490 e. The number of hydrogen-bond acceptors (Lipinski definition) is 4. The van der Waals surface area contributed by atoms with Gasteiger partial charge >= 0.3 is 0 Å². The SMILES string of the molecule is CCCC1CCN(c2ncnc(Cl)c2OC)CC1. The first-order chi connectivity index (χ1) is 8.76. The molecular weight excluding hydrogens is 250 g/mol. The molecule has 0 radical (unpaired) electrons. The number of nitrogens with zero attached hydrogens (tertiary/aromatic N) is 3. The second-order valence-corrected chi connectivity index (χ2v) is 5.10. The number of rotatable bonds is 4. The summed E-state index contributed by atoms with van der Waals surface area (Å²) in [5.41, 5.74) is 0. The molecule has 1 fully saturated rings. The average Bonchev–Trinajstić information content (AvgIpc) is 2.40. The third-order valence-corrected chi connectivity index (χ3v) is 3.83. The standard InChI is InChI=1S/C13H20ClN3O/c1-3-4-10-5-7-17(8-6-10)13-11(18-2)12(14)15-9-16-13/h9-10H,3-8H2,1-2H3. The molecule has 2 rings (SSSR count). The Balaban J connectivity index is 2.07. The van der Waals surface area contributed by atoms with Crippen molar-refractivity contribution in [2.75, 3.05) is 25.1 Å². The number of aromatic nitrogens is 2. The number of piperidine rings is 1. The molecule has 1 aliphatic rings. The first-order valence-electron chi connectivity index (χ1n) is 6.55. The van der Waals surface area contributed by atoms with Gasteiger partial charge in [-0.2, -0.15) is 0 Å². The van der Waals surface area contributed by atoms with Gasteiger partial charge in [-0.25, -0.2) is 9.97 Å². The Morgan fingerprint density at radius 1 is 1.39 bits per heavy atom. The predicted octanol–water partition coefficient (Wildman–Crippen LogP) is 3.16. The van der Waals surface area contributed by atoms with E-state index in [1.54, 1.807) is 7.11 Å². The third-order valence-electron chi connectivity index (χ3n) is 3.56. The van der Waals surface area contributed by atoms with Gasteiger partial charge in [-0.1, -0.05) is 31.4 Å². The van der Waals surface area contributed by atoms with E-state index in [1.807, 2.05) is 0 Å². The molecule has 0 bridgehead atoms. The first kappa shape index (κ1) is 13.4. The van der Waals surface area contributed by atoms with E-state index in [0.717, 1.165) is 24.8 Å². The second-order valence-electron chi connectivity index (χ2n) is 4.74. The molecule has 1 aromatic rings. The van der Waals surface area contributed by atoms with Gasteiger partial charge in [-0.05, 0) is 18.8 Å². The lowest BCUT2D eigenvalue weighted by Crippen LogP contribution is -2.34. The minimum atomic E-state index is 0.387. The monoisotopic (exact) mass is 269 g/mol. The normalized spacial score (nSPS) is 16.9. The predicted molar refractivity (Wildman–Crippen MR) is 73.4 cm³/mol. The van der Waals surface area contributed by atoms with E-state index in [9.17, 15) is 0 Å². The van der Waals surface area contributed by atoms with Crippen molar-refractivity contribution in [2.24, 2.45) is 5.92 Å². The molecule has 1 aliphatic heterocycles. The van der Waals surface area contributed by atoms with E-state index in [-0.39, 0.29) is 0 Å². The Bertz CT molecular complexity index is 392. The fourth-order valence-corrected chi connectivity index (χ4v) is 2.79. The molecule has 2 heterocycles. The molecule has 0 spiro atoms. The van der Waals surface area contributed by atoms with Gasteiger partial charge in [0.05, 0.1) is 7.11 Å². The summed E-state index contributed by atoms with van der Waals surface area (Å²) in [6, 6.07) is 0. The fourth-order valence-electron chi connectivity index (χ4n) is 2.59. The van der Waals surface area contributed by atoms with Crippen LogP contribution in [0.4, 0.5) is 5.82 Å². The average molecular weight is 270 g/mol. The lowest BCUT2D eigenvalue weighted by atomic mass is 9.92. The zero-order valence-corrected chi connectivity index (χ0v) is 11.8. The van der Waals surface area contributed by atoms with Crippen LogP contribution in [-0.4, -0.2) is 30.2 Å². The van der Waals surface area contributed by atoms with Crippen LogP contribution in [0.1, 0.15) is 32.6 Å². The van der Waals surface area contributed by atoms with Gasteiger partial charge in [0.25, 0.3) is 0 Å². The molecule has 100 valence electrons. The van der Waals surface area contributed by atoms with Crippen LogP contribution in [0.5, 0.6) is 5.75 Å². The highest BCUT2D eigenvalue weighted by atomic mass is 35.5. The van der Waals surface area contributed by atoms with Crippen molar-refractivity contribution in [3.63, 3.8) is 0 Å². The maximum absolute atomic E-state index is 6.02. The summed E-state index contributed by atoms with van der Waals surface area (Å²) < 4.78 is 5.31. The van der Waals surface area contributed by atoms with Crippen molar-refractivity contribution in [3.8, 4) is 5.75 Å². The highest BCUT2D eigenvalue weighted by Gasteiger charge is 2.23. The van der Waals surface area contributed by atoms with Gasteiger partial charge in [0.2, 0.25) is 0 Å². The molecular formula is C13H20ClN3O. The number of halogens is 1. The number of ether oxygens (including phenoxy) is 1. The zero-order chi connectivity index (χ0) is 13.0. The topological polar surface area (TPSA) is 38.2 Å². The van der Waals surface area contributed by atoms with Gasteiger partial charge < -0.3 is 9.64 Å². The van der Waals surface area contributed by atoms with Crippen molar-refractivity contribution >= 4 is 17.4 Å². The number of hydrogen-bond donors (Lipinski definition) is 0. The molecule has 0 amide bonds. The summed E-state index contributed by atoms with van der Waals surface area (Å²) in [5.74, 6) is 2.27. The molecule has 0 N–H and O–H groups in total. The molecule has 0 aromatic carbocycles. The highest BCUT2D eigenvalue weighted by molar-refractivity contribution is 6.31. The molecule has 0 atom stereocenters. The fraction of sp³-hybridized carbons (Fsp3) is 0.692. The van der Waals surface area contributed by atoms with E-state index < -0.39 is 0 Å². The third kappa shape index (κ3) is 2.86. The zero-order valence-electron chi connectivity index (χ0n) is 11.0. The van der Waals surface area contributed by atoms with E-state index in [1.165, 1.54) is 32.0 Å². The Kier molecular flexibility index (Phi) is 4.64. The van der Waals surface area contributed by atoms with Crippen LogP contribution < -0.4 is 9.64 Å². The number of anilines is 1. The summed E-state index contributed by atoms with van der Waals surface area (Å²) in [5, 5.41) is 0.387. The van der Waals surface area contributed by atoms with E-state index in [4.69, 9.17) is 16.3 Å².